The van der Waals surface area contributed by atoms with Gasteiger partial charge in [0.2, 0.25) is 0 Å². The van der Waals surface area contributed by atoms with Gasteiger partial charge in [-0.25, -0.2) is 9.18 Å². The molecule has 0 aromatic heterocycles. The summed E-state index contributed by atoms with van der Waals surface area (Å²) in [4.78, 5) is 12.0. The van der Waals surface area contributed by atoms with Crippen LogP contribution in [0.5, 0.6) is 0 Å². The van der Waals surface area contributed by atoms with Crippen molar-refractivity contribution in [2.75, 3.05) is 25.2 Å². The first kappa shape index (κ1) is 18.8. The molecule has 0 saturated heterocycles. The first-order chi connectivity index (χ1) is 10.4. The molecule has 6 heteroatoms. The molecule has 1 unspecified atom stereocenters. The van der Waals surface area contributed by atoms with Gasteiger partial charge in [0, 0.05) is 30.4 Å². The summed E-state index contributed by atoms with van der Waals surface area (Å²) in [5.41, 5.74) is 0.467. The first-order valence-electron chi connectivity index (χ1n) is 7.29. The average molecular weight is 328 g/mol. The van der Waals surface area contributed by atoms with E-state index >= 15 is 0 Å². The van der Waals surface area contributed by atoms with E-state index < -0.39 is 0 Å². The Morgan fingerprint density at radius 3 is 2.77 bits per heavy atom. The fraction of sp³-hybridized carbons (Fsp3) is 0.562. The van der Waals surface area contributed by atoms with Crippen LogP contribution in [0.25, 0.3) is 0 Å². The predicted molar refractivity (Wildman–Crippen MR) is 89.8 cm³/mol. The molecule has 0 aliphatic rings. The molecule has 1 aromatic rings. The number of nitrogens with one attached hydrogen (secondary N) is 2. The fourth-order valence-corrected chi connectivity index (χ4v) is 2.76. The second kappa shape index (κ2) is 9.00. The van der Waals surface area contributed by atoms with E-state index in [4.69, 9.17) is 5.11 Å². The summed E-state index contributed by atoms with van der Waals surface area (Å²) in [6.45, 7) is 4.35. The van der Waals surface area contributed by atoms with Gasteiger partial charge in [-0.3, -0.25) is 0 Å². The predicted octanol–water partition coefficient (Wildman–Crippen LogP) is 2.52. The van der Waals surface area contributed by atoms with Gasteiger partial charge in [0.05, 0.1) is 0 Å². The summed E-state index contributed by atoms with van der Waals surface area (Å²) in [7, 11) is 0. The molecule has 0 fully saturated rings. The van der Waals surface area contributed by atoms with E-state index in [0.717, 1.165) is 11.3 Å². The molecule has 0 aliphatic heterocycles. The summed E-state index contributed by atoms with van der Waals surface area (Å²) in [6.07, 6.45) is 2.48. The number of thioether (sulfide) groups is 1. The van der Waals surface area contributed by atoms with Crippen LogP contribution in [0.3, 0.4) is 0 Å². The SMILES string of the molecule is CSCC(CCO)NC(=O)NCC(C)(C)c1cccc(F)c1. The smallest absolute Gasteiger partial charge is 0.315 e. The number of aliphatic hydroxyl groups excluding tert-OH is 1. The summed E-state index contributed by atoms with van der Waals surface area (Å²) >= 11 is 1.62. The maximum atomic E-state index is 13.3. The molecule has 0 saturated carbocycles. The highest BCUT2D eigenvalue weighted by Gasteiger charge is 2.22. The molecule has 22 heavy (non-hydrogen) atoms. The van der Waals surface area contributed by atoms with Crippen molar-refractivity contribution in [3.8, 4) is 0 Å². The Labute approximate surface area is 135 Å². The molecule has 1 rings (SSSR count). The van der Waals surface area contributed by atoms with Crippen LogP contribution in [0.4, 0.5) is 9.18 Å². The highest BCUT2D eigenvalue weighted by molar-refractivity contribution is 7.98. The Morgan fingerprint density at radius 1 is 1.45 bits per heavy atom. The zero-order valence-corrected chi connectivity index (χ0v) is 14.2. The highest BCUT2D eigenvalue weighted by Crippen LogP contribution is 2.22. The van der Waals surface area contributed by atoms with Gasteiger partial charge >= 0.3 is 6.03 Å². The standard InChI is InChI=1S/C16H25FN2O2S/c1-16(2,12-5-4-6-13(17)9-12)11-18-15(21)19-14(7-8-20)10-22-3/h4-6,9,14,20H,7-8,10-11H2,1-3H3,(H2,18,19,21). The second-order valence-corrected chi connectivity index (χ2v) is 6.80. The highest BCUT2D eigenvalue weighted by atomic mass is 32.2. The van der Waals surface area contributed by atoms with Crippen molar-refractivity contribution in [1.29, 1.82) is 0 Å². The maximum Gasteiger partial charge on any atom is 0.315 e. The van der Waals surface area contributed by atoms with Crippen molar-refractivity contribution in [3.05, 3.63) is 35.6 Å². The molecular formula is C16H25FN2O2S. The van der Waals surface area contributed by atoms with Crippen molar-refractivity contribution in [2.24, 2.45) is 0 Å². The Kier molecular flexibility index (Phi) is 7.68. The first-order valence-corrected chi connectivity index (χ1v) is 8.68. The minimum Gasteiger partial charge on any atom is -0.396 e. The topological polar surface area (TPSA) is 61.4 Å². The minimum atomic E-state index is -0.370. The Balaban J connectivity index is 2.54. The summed E-state index contributed by atoms with van der Waals surface area (Å²) < 4.78 is 13.3. The third-order valence-electron chi connectivity index (χ3n) is 3.48. The normalized spacial score (nSPS) is 12.8. The van der Waals surface area contributed by atoms with Crippen LogP contribution in [0, 0.1) is 5.82 Å². The number of carbonyl (C=O) groups excluding carboxylic acids is 1. The van der Waals surface area contributed by atoms with Gasteiger partial charge in [-0.15, -0.1) is 0 Å². The van der Waals surface area contributed by atoms with Gasteiger partial charge in [-0.2, -0.15) is 11.8 Å². The number of benzene rings is 1. The van der Waals surface area contributed by atoms with E-state index in [1.165, 1.54) is 12.1 Å². The average Bonchev–Trinajstić information content (AvgIpc) is 2.46. The van der Waals surface area contributed by atoms with Gasteiger partial charge in [-0.1, -0.05) is 26.0 Å². The van der Waals surface area contributed by atoms with E-state index in [1.54, 1.807) is 17.8 Å². The van der Waals surface area contributed by atoms with Crippen molar-refractivity contribution in [1.82, 2.24) is 10.6 Å². The summed E-state index contributed by atoms with van der Waals surface area (Å²) in [5.74, 6) is 0.472. The molecule has 3 N–H and O–H groups in total. The van der Waals surface area contributed by atoms with Gasteiger partial charge < -0.3 is 15.7 Å². The number of amides is 2. The maximum absolute atomic E-state index is 13.3. The van der Waals surface area contributed by atoms with E-state index in [0.29, 0.717) is 13.0 Å². The van der Waals surface area contributed by atoms with Crippen LogP contribution < -0.4 is 10.6 Å². The lowest BCUT2D eigenvalue weighted by Gasteiger charge is -2.26. The van der Waals surface area contributed by atoms with Crippen molar-refractivity contribution < 1.29 is 14.3 Å². The Bertz CT molecular complexity index is 477. The molecule has 1 aromatic carbocycles. The molecular weight excluding hydrogens is 303 g/mol. The number of urea groups is 1. The number of aliphatic hydroxyl groups is 1. The third-order valence-corrected chi connectivity index (χ3v) is 4.21. The monoisotopic (exact) mass is 328 g/mol. The van der Waals surface area contributed by atoms with E-state index in [1.807, 2.05) is 26.2 Å². The molecule has 0 aliphatic carbocycles. The quantitative estimate of drug-likeness (QED) is 0.687. The zero-order valence-electron chi connectivity index (χ0n) is 13.4. The van der Waals surface area contributed by atoms with Crippen LogP contribution in [-0.4, -0.2) is 42.3 Å². The molecule has 0 bridgehead atoms. The molecule has 4 nitrogen and oxygen atoms in total. The molecule has 124 valence electrons. The Hall–Kier alpha value is -1.27. The lowest BCUT2D eigenvalue weighted by molar-refractivity contribution is 0.229. The minimum absolute atomic E-state index is 0.0420. The van der Waals surface area contributed by atoms with Crippen LogP contribution >= 0.6 is 11.8 Å². The van der Waals surface area contributed by atoms with Crippen molar-refractivity contribution >= 4 is 17.8 Å². The Morgan fingerprint density at radius 2 is 2.18 bits per heavy atom. The fourth-order valence-electron chi connectivity index (χ4n) is 2.10. The van der Waals surface area contributed by atoms with Gasteiger partial charge in [-0.05, 0) is 30.4 Å². The van der Waals surface area contributed by atoms with E-state index in [9.17, 15) is 9.18 Å². The van der Waals surface area contributed by atoms with Crippen LogP contribution in [0.15, 0.2) is 24.3 Å². The van der Waals surface area contributed by atoms with Gasteiger partial charge in [0.1, 0.15) is 5.82 Å². The van der Waals surface area contributed by atoms with Crippen LogP contribution in [0.1, 0.15) is 25.8 Å². The van der Waals surface area contributed by atoms with Crippen molar-refractivity contribution in [3.63, 3.8) is 0 Å². The second-order valence-electron chi connectivity index (χ2n) is 5.89. The lowest BCUT2D eigenvalue weighted by atomic mass is 9.84. The lowest BCUT2D eigenvalue weighted by Crippen LogP contribution is -2.47. The number of carbonyl (C=O) groups is 1. The molecule has 0 radical (unpaired) electrons. The van der Waals surface area contributed by atoms with Crippen LogP contribution in [0.2, 0.25) is 0 Å². The molecule has 0 heterocycles. The number of hydrogen-bond acceptors (Lipinski definition) is 3. The molecule has 0 spiro atoms. The summed E-state index contributed by atoms with van der Waals surface area (Å²) in [5, 5.41) is 14.7. The van der Waals surface area contributed by atoms with E-state index in [-0.39, 0.29) is 29.9 Å². The third kappa shape index (κ3) is 6.23. The summed E-state index contributed by atoms with van der Waals surface area (Å²) in [6, 6.07) is 6.09. The largest absolute Gasteiger partial charge is 0.396 e. The molecule has 1 atom stereocenters. The number of halogens is 1. The van der Waals surface area contributed by atoms with Gasteiger partial charge in [0.25, 0.3) is 0 Å². The number of hydrogen-bond donors (Lipinski definition) is 3. The van der Waals surface area contributed by atoms with Crippen LogP contribution in [-0.2, 0) is 5.41 Å². The van der Waals surface area contributed by atoms with Crippen molar-refractivity contribution in [2.45, 2.75) is 31.7 Å². The molecule has 2 amide bonds. The van der Waals surface area contributed by atoms with Gasteiger partial charge in [0.15, 0.2) is 0 Å². The number of rotatable bonds is 8. The van der Waals surface area contributed by atoms with E-state index in [2.05, 4.69) is 10.6 Å². The zero-order chi connectivity index (χ0) is 16.6.